The Kier molecular flexibility index (Phi) is 5.21. The minimum absolute atomic E-state index is 0.00286. The average Bonchev–Trinajstić information content (AvgIpc) is 2.26. The third-order valence-electron chi connectivity index (χ3n) is 2.63. The van der Waals surface area contributed by atoms with Crippen LogP contribution in [-0.4, -0.2) is 30.0 Å². The van der Waals surface area contributed by atoms with Gasteiger partial charge >= 0.3 is 0 Å². The maximum Gasteiger partial charge on any atom is 0.275 e. The number of nitrogens with zero attached hydrogens (tertiary/aromatic N) is 1. The third kappa shape index (κ3) is 5.79. The van der Waals surface area contributed by atoms with E-state index < -0.39 is 4.92 Å². The Morgan fingerprint density at radius 3 is 2.30 bits per heavy atom. The lowest BCUT2D eigenvalue weighted by atomic mass is 10.1. The molecule has 0 saturated carbocycles. The van der Waals surface area contributed by atoms with Crippen molar-refractivity contribution < 1.29 is 14.6 Å². The molecule has 0 bridgehead atoms. The highest BCUT2D eigenvalue weighted by molar-refractivity contribution is 5.77. The van der Waals surface area contributed by atoms with Gasteiger partial charge in [-0.2, -0.15) is 0 Å². The number of hydrogen-bond acceptors (Lipinski definition) is 3. The number of nitro groups is 1. The first kappa shape index (κ1) is 16.1. The molecule has 0 saturated heterocycles. The molecule has 110 valence electrons. The summed E-state index contributed by atoms with van der Waals surface area (Å²) >= 11 is 0. The van der Waals surface area contributed by atoms with Crippen LogP contribution in [0.3, 0.4) is 0 Å². The van der Waals surface area contributed by atoms with Crippen LogP contribution in [0.1, 0.15) is 26.3 Å². The molecule has 0 aliphatic carbocycles. The largest absolute Gasteiger partial charge is 0.347 e. The van der Waals surface area contributed by atoms with E-state index in [9.17, 15) is 14.9 Å². The highest BCUT2D eigenvalue weighted by Crippen LogP contribution is 2.10. The minimum Gasteiger partial charge on any atom is -0.347 e. The molecule has 0 fully saturated rings. The molecule has 1 amide bonds. The first-order valence-corrected chi connectivity index (χ1v) is 6.53. The third-order valence-corrected chi connectivity index (χ3v) is 2.63. The van der Waals surface area contributed by atoms with Gasteiger partial charge in [-0.25, -0.2) is 0 Å². The Morgan fingerprint density at radius 1 is 1.30 bits per heavy atom. The first-order valence-electron chi connectivity index (χ1n) is 6.53. The molecule has 1 rings (SSSR count). The summed E-state index contributed by atoms with van der Waals surface area (Å²) in [5.41, 5.74) is 0.818. The molecule has 6 heteroatoms. The number of hydrogen-bond donors (Lipinski definition) is 2. The summed E-state index contributed by atoms with van der Waals surface area (Å²) in [4.78, 5) is 23.0. The van der Waals surface area contributed by atoms with Crippen LogP contribution in [0.5, 0.6) is 0 Å². The van der Waals surface area contributed by atoms with E-state index in [1.54, 1.807) is 12.1 Å². The van der Waals surface area contributed by atoms with Crippen molar-refractivity contribution in [3.63, 3.8) is 0 Å². The highest BCUT2D eigenvalue weighted by Gasteiger charge is 2.17. The summed E-state index contributed by atoms with van der Waals surface area (Å²) in [7, 11) is 1.92. The van der Waals surface area contributed by atoms with Crippen LogP contribution in [-0.2, 0) is 11.3 Å². The lowest BCUT2D eigenvalue weighted by Gasteiger charge is -2.22. The van der Waals surface area contributed by atoms with Gasteiger partial charge in [-0.1, -0.05) is 0 Å². The SMILES string of the molecule is C[NH+](CC(=O)NC(C)(C)C)Cc1ccc([N+](=O)[O-])cc1. The average molecular weight is 280 g/mol. The molecule has 20 heavy (non-hydrogen) atoms. The number of carbonyl (C=O) groups excluding carboxylic acids is 1. The van der Waals surface area contributed by atoms with E-state index in [4.69, 9.17) is 0 Å². The molecular formula is C14H22N3O3+. The zero-order valence-corrected chi connectivity index (χ0v) is 12.4. The van der Waals surface area contributed by atoms with Gasteiger partial charge in [0.25, 0.3) is 11.6 Å². The number of rotatable bonds is 5. The Morgan fingerprint density at radius 2 is 1.85 bits per heavy atom. The molecule has 1 aromatic carbocycles. The fourth-order valence-corrected chi connectivity index (χ4v) is 1.88. The van der Waals surface area contributed by atoms with Gasteiger partial charge in [0, 0.05) is 23.2 Å². The maximum absolute atomic E-state index is 11.8. The Bertz CT molecular complexity index is 477. The maximum atomic E-state index is 11.8. The highest BCUT2D eigenvalue weighted by atomic mass is 16.6. The molecule has 0 aromatic heterocycles. The van der Waals surface area contributed by atoms with Crippen molar-refractivity contribution in [1.29, 1.82) is 0 Å². The molecule has 0 radical (unpaired) electrons. The van der Waals surface area contributed by atoms with E-state index in [2.05, 4.69) is 5.32 Å². The quantitative estimate of drug-likeness (QED) is 0.610. The van der Waals surface area contributed by atoms with Crippen molar-refractivity contribution in [1.82, 2.24) is 5.32 Å². The fourth-order valence-electron chi connectivity index (χ4n) is 1.88. The smallest absolute Gasteiger partial charge is 0.275 e. The van der Waals surface area contributed by atoms with Crippen LogP contribution < -0.4 is 10.2 Å². The number of quaternary nitrogens is 1. The lowest BCUT2D eigenvalue weighted by molar-refractivity contribution is -0.885. The van der Waals surface area contributed by atoms with Crippen molar-refractivity contribution in [2.24, 2.45) is 0 Å². The molecule has 1 atom stereocenters. The summed E-state index contributed by atoms with van der Waals surface area (Å²) in [5.74, 6) is -0.00286. The van der Waals surface area contributed by atoms with Crippen LogP contribution in [0.15, 0.2) is 24.3 Å². The monoisotopic (exact) mass is 280 g/mol. The second kappa shape index (κ2) is 6.47. The predicted molar refractivity (Wildman–Crippen MR) is 76.4 cm³/mol. The number of amides is 1. The van der Waals surface area contributed by atoms with Crippen LogP contribution in [0.25, 0.3) is 0 Å². The number of non-ortho nitro benzene ring substituents is 1. The van der Waals surface area contributed by atoms with E-state index in [0.29, 0.717) is 13.1 Å². The summed E-state index contributed by atoms with van der Waals surface area (Å²) in [6, 6.07) is 6.42. The van der Waals surface area contributed by atoms with E-state index in [1.165, 1.54) is 12.1 Å². The molecule has 1 unspecified atom stereocenters. The summed E-state index contributed by atoms with van der Waals surface area (Å²) in [6.07, 6.45) is 0. The van der Waals surface area contributed by atoms with E-state index in [0.717, 1.165) is 10.5 Å². The standard InChI is InChI=1S/C14H21N3O3/c1-14(2,3)15-13(18)10-16(4)9-11-5-7-12(8-6-11)17(19)20/h5-8H,9-10H2,1-4H3,(H,15,18)/p+1. The normalized spacial score (nSPS) is 12.8. The van der Waals surface area contributed by atoms with Gasteiger partial charge in [-0.15, -0.1) is 0 Å². The molecule has 0 heterocycles. The molecule has 1 aromatic rings. The number of nitro benzene ring substituents is 1. The van der Waals surface area contributed by atoms with Crippen LogP contribution in [0.2, 0.25) is 0 Å². The lowest BCUT2D eigenvalue weighted by Crippen LogP contribution is -3.09. The summed E-state index contributed by atoms with van der Waals surface area (Å²) in [6.45, 7) is 6.84. The van der Waals surface area contributed by atoms with Crippen molar-refractivity contribution in [3.8, 4) is 0 Å². The Balaban J connectivity index is 2.52. The zero-order valence-electron chi connectivity index (χ0n) is 12.4. The van der Waals surface area contributed by atoms with Gasteiger partial charge in [-0.05, 0) is 32.9 Å². The Labute approximate surface area is 118 Å². The van der Waals surface area contributed by atoms with Crippen LogP contribution in [0, 0.1) is 10.1 Å². The van der Waals surface area contributed by atoms with E-state index in [1.807, 2.05) is 27.8 Å². The van der Waals surface area contributed by atoms with Gasteiger partial charge in [-0.3, -0.25) is 14.9 Å². The van der Waals surface area contributed by atoms with Crippen molar-refractivity contribution in [3.05, 3.63) is 39.9 Å². The van der Waals surface area contributed by atoms with Crippen molar-refractivity contribution in [2.75, 3.05) is 13.6 Å². The Hall–Kier alpha value is -1.95. The second-order valence-corrected chi connectivity index (χ2v) is 6.03. The molecule has 0 spiro atoms. The number of likely N-dealkylation sites (N-methyl/N-ethyl adjacent to an activating group) is 1. The molecule has 2 N–H and O–H groups in total. The van der Waals surface area contributed by atoms with Crippen molar-refractivity contribution >= 4 is 11.6 Å². The van der Waals surface area contributed by atoms with Crippen LogP contribution in [0.4, 0.5) is 5.69 Å². The van der Waals surface area contributed by atoms with Crippen molar-refractivity contribution in [2.45, 2.75) is 32.9 Å². The predicted octanol–water partition coefficient (Wildman–Crippen LogP) is 0.524. The fraction of sp³-hybridized carbons (Fsp3) is 0.500. The van der Waals surface area contributed by atoms with Gasteiger partial charge in [0.15, 0.2) is 6.54 Å². The number of benzene rings is 1. The van der Waals surface area contributed by atoms with Gasteiger partial charge < -0.3 is 10.2 Å². The minimum atomic E-state index is -0.420. The number of carbonyl (C=O) groups is 1. The molecule has 0 aliphatic rings. The summed E-state index contributed by atoms with van der Waals surface area (Å²) < 4.78 is 0. The molecular weight excluding hydrogens is 258 g/mol. The second-order valence-electron chi connectivity index (χ2n) is 6.03. The summed E-state index contributed by atoms with van der Waals surface area (Å²) in [5, 5.41) is 13.5. The number of nitrogens with one attached hydrogen (secondary N) is 2. The van der Waals surface area contributed by atoms with E-state index >= 15 is 0 Å². The molecule has 6 nitrogen and oxygen atoms in total. The molecule has 0 aliphatic heterocycles. The van der Waals surface area contributed by atoms with E-state index in [-0.39, 0.29) is 17.1 Å². The zero-order chi connectivity index (χ0) is 15.3. The van der Waals surface area contributed by atoms with Gasteiger partial charge in [0.2, 0.25) is 0 Å². The van der Waals surface area contributed by atoms with Gasteiger partial charge in [0.1, 0.15) is 6.54 Å². The first-order chi connectivity index (χ1) is 9.17. The van der Waals surface area contributed by atoms with Crippen LogP contribution >= 0.6 is 0 Å². The van der Waals surface area contributed by atoms with Gasteiger partial charge in [0.05, 0.1) is 12.0 Å². The topological polar surface area (TPSA) is 76.7 Å².